The molecular weight excluding hydrogens is 401 g/mol. The molecule has 5 heteroatoms. The summed E-state index contributed by atoms with van der Waals surface area (Å²) in [4.78, 5) is 4.68. The Morgan fingerprint density at radius 1 is 1.17 bits per heavy atom. The van der Waals surface area contributed by atoms with E-state index in [2.05, 4.69) is 48.5 Å². The summed E-state index contributed by atoms with van der Waals surface area (Å²) in [5.41, 5.74) is 2.41. The molecule has 0 aliphatic heterocycles. The minimum absolute atomic E-state index is 0. The maximum Gasteiger partial charge on any atom is 0.191 e. The number of halogens is 1. The molecule has 1 rings (SSSR count). The molecule has 0 amide bonds. The van der Waals surface area contributed by atoms with Crippen LogP contribution in [0.1, 0.15) is 44.7 Å². The van der Waals surface area contributed by atoms with Crippen LogP contribution in [0.2, 0.25) is 0 Å². The third-order valence-electron chi connectivity index (χ3n) is 3.42. The summed E-state index contributed by atoms with van der Waals surface area (Å²) in [5, 5.41) is 6.71. The van der Waals surface area contributed by atoms with Gasteiger partial charge in [0.25, 0.3) is 0 Å². The third-order valence-corrected chi connectivity index (χ3v) is 3.42. The van der Waals surface area contributed by atoms with Crippen molar-refractivity contribution >= 4 is 29.9 Å². The Bertz CT molecular complexity index is 450. The predicted octanol–water partition coefficient (Wildman–Crippen LogP) is 3.94. The van der Waals surface area contributed by atoms with Gasteiger partial charge in [0.2, 0.25) is 0 Å². The molecule has 0 fully saturated rings. The fraction of sp³-hybridized carbons (Fsp3) is 0.611. The number of methoxy groups -OCH3 is 1. The number of hydrogen-bond acceptors (Lipinski definition) is 2. The molecular formula is C18H32IN3O. The van der Waals surface area contributed by atoms with Gasteiger partial charge in [-0.15, -0.1) is 24.0 Å². The molecule has 23 heavy (non-hydrogen) atoms. The lowest BCUT2D eigenvalue weighted by Crippen LogP contribution is -2.37. The second kappa shape index (κ2) is 13.6. The van der Waals surface area contributed by atoms with E-state index in [1.807, 2.05) is 12.1 Å². The summed E-state index contributed by atoms with van der Waals surface area (Å²) in [5.74, 6) is 1.64. The first kappa shape index (κ1) is 22.2. The Balaban J connectivity index is 0.00000484. The number of nitrogens with one attached hydrogen (secondary N) is 2. The molecule has 0 unspecified atom stereocenters. The fourth-order valence-electron chi connectivity index (χ4n) is 2.23. The molecule has 0 aliphatic carbocycles. The highest BCUT2D eigenvalue weighted by atomic mass is 127. The van der Waals surface area contributed by atoms with Gasteiger partial charge in [-0.2, -0.15) is 0 Å². The monoisotopic (exact) mass is 433 g/mol. The van der Waals surface area contributed by atoms with Crippen molar-refractivity contribution in [1.82, 2.24) is 10.6 Å². The molecule has 0 saturated carbocycles. The number of nitrogens with zero attached hydrogens (tertiary/aromatic N) is 1. The van der Waals surface area contributed by atoms with Crippen LogP contribution >= 0.6 is 24.0 Å². The molecule has 4 nitrogen and oxygen atoms in total. The summed E-state index contributed by atoms with van der Waals surface area (Å²) < 4.78 is 5.24. The van der Waals surface area contributed by atoms with E-state index in [-0.39, 0.29) is 24.0 Å². The SMILES string of the molecule is CCNC(=NCc1ccccc1COC)NCCCC(C)C.I. The van der Waals surface area contributed by atoms with E-state index < -0.39 is 0 Å². The Morgan fingerprint density at radius 2 is 1.87 bits per heavy atom. The summed E-state index contributed by atoms with van der Waals surface area (Å²) in [6.07, 6.45) is 2.41. The van der Waals surface area contributed by atoms with Crippen LogP contribution in [0.15, 0.2) is 29.3 Å². The molecule has 2 N–H and O–H groups in total. The number of rotatable bonds is 9. The molecule has 0 saturated heterocycles. The van der Waals surface area contributed by atoms with Crippen LogP contribution in [0, 0.1) is 5.92 Å². The van der Waals surface area contributed by atoms with Crippen molar-refractivity contribution in [2.24, 2.45) is 10.9 Å². The van der Waals surface area contributed by atoms with Gasteiger partial charge in [-0.3, -0.25) is 0 Å². The van der Waals surface area contributed by atoms with Gasteiger partial charge in [0.15, 0.2) is 5.96 Å². The van der Waals surface area contributed by atoms with Gasteiger partial charge in [0.1, 0.15) is 0 Å². The van der Waals surface area contributed by atoms with Crippen LogP contribution in [-0.4, -0.2) is 26.2 Å². The highest BCUT2D eigenvalue weighted by molar-refractivity contribution is 14.0. The lowest BCUT2D eigenvalue weighted by Gasteiger charge is -2.13. The first-order valence-corrected chi connectivity index (χ1v) is 8.25. The number of benzene rings is 1. The summed E-state index contributed by atoms with van der Waals surface area (Å²) in [7, 11) is 1.72. The van der Waals surface area contributed by atoms with Crippen molar-refractivity contribution in [3.05, 3.63) is 35.4 Å². The maximum absolute atomic E-state index is 5.24. The van der Waals surface area contributed by atoms with Crippen LogP contribution in [0.4, 0.5) is 0 Å². The van der Waals surface area contributed by atoms with E-state index in [4.69, 9.17) is 4.74 Å². The molecule has 0 aromatic heterocycles. The quantitative estimate of drug-likeness (QED) is 0.268. The van der Waals surface area contributed by atoms with Crippen molar-refractivity contribution in [2.75, 3.05) is 20.2 Å². The van der Waals surface area contributed by atoms with Crippen LogP contribution in [-0.2, 0) is 17.9 Å². The van der Waals surface area contributed by atoms with Crippen molar-refractivity contribution in [3.63, 3.8) is 0 Å². The number of hydrogen-bond donors (Lipinski definition) is 2. The Morgan fingerprint density at radius 3 is 2.48 bits per heavy atom. The van der Waals surface area contributed by atoms with E-state index in [1.54, 1.807) is 7.11 Å². The van der Waals surface area contributed by atoms with Crippen molar-refractivity contribution in [2.45, 2.75) is 46.8 Å². The minimum atomic E-state index is 0. The van der Waals surface area contributed by atoms with Gasteiger partial charge < -0.3 is 15.4 Å². The van der Waals surface area contributed by atoms with Gasteiger partial charge in [0.05, 0.1) is 13.2 Å². The third kappa shape index (κ3) is 9.81. The molecule has 0 atom stereocenters. The topological polar surface area (TPSA) is 45.7 Å². The maximum atomic E-state index is 5.24. The molecule has 1 aromatic rings. The fourth-order valence-corrected chi connectivity index (χ4v) is 2.23. The van der Waals surface area contributed by atoms with Crippen LogP contribution in [0.3, 0.4) is 0 Å². The van der Waals surface area contributed by atoms with E-state index >= 15 is 0 Å². The average Bonchev–Trinajstić information content (AvgIpc) is 2.50. The Kier molecular flexibility index (Phi) is 13.1. The van der Waals surface area contributed by atoms with E-state index in [9.17, 15) is 0 Å². The van der Waals surface area contributed by atoms with Crippen LogP contribution < -0.4 is 10.6 Å². The van der Waals surface area contributed by atoms with Crippen LogP contribution in [0.5, 0.6) is 0 Å². The van der Waals surface area contributed by atoms with Crippen LogP contribution in [0.25, 0.3) is 0 Å². The number of guanidine groups is 1. The average molecular weight is 433 g/mol. The molecule has 0 radical (unpaired) electrons. The van der Waals surface area contributed by atoms with Gasteiger partial charge in [-0.1, -0.05) is 38.1 Å². The van der Waals surface area contributed by atoms with Gasteiger partial charge >= 0.3 is 0 Å². The Hall–Kier alpha value is -0.820. The second-order valence-electron chi connectivity index (χ2n) is 5.86. The smallest absolute Gasteiger partial charge is 0.191 e. The second-order valence-corrected chi connectivity index (χ2v) is 5.86. The van der Waals surface area contributed by atoms with Crippen molar-refractivity contribution in [3.8, 4) is 0 Å². The lowest BCUT2D eigenvalue weighted by atomic mass is 10.1. The largest absolute Gasteiger partial charge is 0.380 e. The lowest BCUT2D eigenvalue weighted by molar-refractivity contribution is 0.184. The normalized spacial score (nSPS) is 11.3. The van der Waals surface area contributed by atoms with E-state index in [0.29, 0.717) is 13.2 Å². The zero-order valence-electron chi connectivity index (χ0n) is 14.9. The highest BCUT2D eigenvalue weighted by Crippen LogP contribution is 2.11. The molecule has 132 valence electrons. The van der Waals surface area contributed by atoms with Gasteiger partial charge in [0, 0.05) is 20.2 Å². The molecule has 0 heterocycles. The van der Waals surface area contributed by atoms with Gasteiger partial charge in [-0.05, 0) is 36.8 Å². The summed E-state index contributed by atoms with van der Waals surface area (Å²) in [6, 6.07) is 8.29. The van der Waals surface area contributed by atoms with Crippen molar-refractivity contribution < 1.29 is 4.74 Å². The first-order chi connectivity index (χ1) is 10.7. The van der Waals surface area contributed by atoms with Crippen molar-refractivity contribution in [1.29, 1.82) is 0 Å². The molecule has 0 aliphatic rings. The molecule has 0 spiro atoms. The standard InChI is InChI=1S/C18H31N3O.HI/c1-5-19-18(20-12-8-9-15(2)3)21-13-16-10-6-7-11-17(16)14-22-4;/h6-7,10-11,15H,5,8-9,12-14H2,1-4H3,(H2,19,20,21);1H. The summed E-state index contributed by atoms with van der Waals surface area (Å²) >= 11 is 0. The van der Waals surface area contributed by atoms with Gasteiger partial charge in [-0.25, -0.2) is 4.99 Å². The summed E-state index contributed by atoms with van der Waals surface area (Å²) in [6.45, 7) is 9.73. The zero-order valence-corrected chi connectivity index (χ0v) is 17.2. The molecule has 0 bridgehead atoms. The minimum Gasteiger partial charge on any atom is -0.380 e. The molecule has 1 aromatic carbocycles. The van der Waals surface area contributed by atoms with E-state index in [1.165, 1.54) is 24.0 Å². The first-order valence-electron chi connectivity index (χ1n) is 8.25. The zero-order chi connectivity index (χ0) is 16.2. The Labute approximate surface area is 158 Å². The number of ether oxygens (including phenoxy) is 1. The number of aliphatic imine (C=N–C) groups is 1. The predicted molar refractivity (Wildman–Crippen MR) is 109 cm³/mol. The van der Waals surface area contributed by atoms with E-state index in [0.717, 1.165) is 25.0 Å². The highest BCUT2D eigenvalue weighted by Gasteiger charge is 2.02.